The maximum atomic E-state index is 12.1. The first kappa shape index (κ1) is 13.9. The van der Waals surface area contributed by atoms with Gasteiger partial charge in [-0.1, -0.05) is 18.6 Å². The minimum absolute atomic E-state index is 0.0783. The van der Waals surface area contributed by atoms with Gasteiger partial charge in [0.15, 0.2) is 0 Å². The van der Waals surface area contributed by atoms with Crippen LogP contribution in [0, 0.1) is 0 Å². The zero-order valence-electron chi connectivity index (χ0n) is 10.5. The minimum atomic E-state index is -4.22. The molecule has 1 aliphatic carbocycles. The third-order valence-electron chi connectivity index (χ3n) is 3.36. The Morgan fingerprint density at radius 3 is 2.42 bits per heavy atom. The van der Waals surface area contributed by atoms with Crippen LogP contribution in [-0.4, -0.2) is 18.5 Å². The van der Waals surface area contributed by atoms with Crippen LogP contribution in [0.25, 0.3) is 0 Å². The highest BCUT2D eigenvalue weighted by atomic mass is 19.4. The van der Waals surface area contributed by atoms with Crippen molar-refractivity contribution in [1.29, 1.82) is 0 Å². The molecule has 0 heterocycles. The predicted molar refractivity (Wildman–Crippen MR) is 67.2 cm³/mol. The zero-order valence-corrected chi connectivity index (χ0v) is 10.5. The molecule has 2 rings (SSSR count). The Kier molecular flexibility index (Phi) is 4.12. The molecule has 0 radical (unpaired) electrons. The Balaban J connectivity index is 1.99. The van der Waals surface area contributed by atoms with Crippen molar-refractivity contribution in [3.63, 3.8) is 0 Å². The van der Waals surface area contributed by atoms with E-state index in [2.05, 4.69) is 5.32 Å². The molecule has 19 heavy (non-hydrogen) atoms. The van der Waals surface area contributed by atoms with Crippen molar-refractivity contribution >= 4 is 11.5 Å². The molecule has 0 aromatic heterocycles. The fourth-order valence-electron chi connectivity index (χ4n) is 2.37. The fourth-order valence-corrected chi connectivity index (χ4v) is 2.37. The molecule has 1 aliphatic rings. The van der Waals surface area contributed by atoms with Gasteiger partial charge in [0.2, 0.25) is 0 Å². The second-order valence-corrected chi connectivity index (χ2v) is 4.86. The Morgan fingerprint density at radius 1 is 1.16 bits per heavy atom. The molecule has 1 saturated carbocycles. The summed E-state index contributed by atoms with van der Waals surface area (Å²) in [6.45, 7) is -1.05. The lowest BCUT2D eigenvalue weighted by molar-refractivity contribution is -0.121. The van der Waals surface area contributed by atoms with Gasteiger partial charge in [-0.05, 0) is 30.5 Å². The molecule has 1 aromatic rings. The van der Waals surface area contributed by atoms with E-state index in [1.165, 1.54) is 0 Å². The quantitative estimate of drug-likeness (QED) is 0.903. The van der Waals surface area contributed by atoms with Gasteiger partial charge in [0, 0.05) is 18.0 Å². The molecule has 1 atom stereocenters. The van der Waals surface area contributed by atoms with Gasteiger partial charge in [0.1, 0.15) is 12.3 Å². The van der Waals surface area contributed by atoms with Gasteiger partial charge in [-0.2, -0.15) is 13.2 Å². The van der Waals surface area contributed by atoms with E-state index >= 15 is 0 Å². The number of rotatable bonds is 3. The maximum absolute atomic E-state index is 12.1. The molecule has 0 amide bonds. The lowest BCUT2D eigenvalue weighted by atomic mass is 9.83. The summed E-state index contributed by atoms with van der Waals surface area (Å²) in [7, 11) is 0. The summed E-state index contributed by atoms with van der Waals surface area (Å²) >= 11 is 0. The predicted octanol–water partition coefficient (Wildman–Crippen LogP) is 3.89. The highest BCUT2D eigenvalue weighted by Gasteiger charge is 2.27. The molecule has 0 aliphatic heterocycles. The van der Waals surface area contributed by atoms with E-state index in [0.717, 1.165) is 24.8 Å². The van der Waals surface area contributed by atoms with Crippen LogP contribution in [0.2, 0.25) is 0 Å². The number of halogens is 3. The van der Waals surface area contributed by atoms with E-state index in [1.807, 2.05) is 0 Å². The van der Waals surface area contributed by atoms with Crippen molar-refractivity contribution in [1.82, 2.24) is 0 Å². The Hall–Kier alpha value is -1.52. The largest absolute Gasteiger partial charge is 0.405 e. The lowest BCUT2D eigenvalue weighted by Crippen LogP contribution is -2.21. The van der Waals surface area contributed by atoms with E-state index in [9.17, 15) is 18.0 Å². The van der Waals surface area contributed by atoms with E-state index < -0.39 is 12.7 Å². The summed E-state index contributed by atoms with van der Waals surface area (Å²) in [6, 6.07) is 6.69. The maximum Gasteiger partial charge on any atom is 0.405 e. The molecule has 1 unspecified atom stereocenters. The number of carbonyl (C=O) groups excluding carboxylic acids is 1. The Labute approximate surface area is 110 Å². The van der Waals surface area contributed by atoms with Gasteiger partial charge in [0.05, 0.1) is 0 Å². The van der Waals surface area contributed by atoms with Crippen molar-refractivity contribution in [2.24, 2.45) is 0 Å². The van der Waals surface area contributed by atoms with Crippen molar-refractivity contribution in [3.05, 3.63) is 29.8 Å². The number of anilines is 1. The molecule has 0 bridgehead atoms. The summed E-state index contributed by atoms with van der Waals surface area (Å²) < 4.78 is 36.2. The summed E-state index contributed by atoms with van der Waals surface area (Å²) in [4.78, 5) is 11.8. The third kappa shape index (κ3) is 3.98. The lowest BCUT2D eigenvalue weighted by Gasteiger charge is -2.21. The van der Waals surface area contributed by atoms with Crippen molar-refractivity contribution in [3.8, 4) is 0 Å². The van der Waals surface area contributed by atoms with Crippen LogP contribution in [0.3, 0.4) is 0 Å². The average Bonchev–Trinajstić information content (AvgIpc) is 2.37. The minimum Gasteiger partial charge on any atom is -0.376 e. The molecule has 1 fully saturated rings. The summed E-state index contributed by atoms with van der Waals surface area (Å²) in [5.41, 5.74) is 1.33. The van der Waals surface area contributed by atoms with E-state index in [4.69, 9.17) is 0 Å². The van der Waals surface area contributed by atoms with Crippen LogP contribution in [-0.2, 0) is 4.79 Å². The van der Waals surface area contributed by atoms with E-state index in [0.29, 0.717) is 12.1 Å². The molecule has 2 nitrogen and oxygen atoms in total. The fraction of sp³-hybridized carbons (Fsp3) is 0.500. The van der Waals surface area contributed by atoms with Crippen LogP contribution in [0.1, 0.15) is 37.2 Å². The van der Waals surface area contributed by atoms with Crippen molar-refractivity contribution in [2.75, 3.05) is 11.9 Å². The van der Waals surface area contributed by atoms with Crippen LogP contribution in [0.15, 0.2) is 24.3 Å². The second-order valence-electron chi connectivity index (χ2n) is 4.86. The number of carbonyl (C=O) groups is 1. The molecule has 1 N–H and O–H groups in total. The van der Waals surface area contributed by atoms with Crippen LogP contribution >= 0.6 is 0 Å². The number of nitrogens with one attached hydrogen (secondary N) is 1. The Bertz CT molecular complexity index is 439. The first-order valence-electron chi connectivity index (χ1n) is 6.39. The van der Waals surface area contributed by atoms with Gasteiger partial charge < -0.3 is 5.32 Å². The van der Waals surface area contributed by atoms with Crippen LogP contribution in [0.5, 0.6) is 0 Å². The first-order valence-corrected chi connectivity index (χ1v) is 6.39. The molecular formula is C14H16F3NO. The number of alkyl halides is 3. The van der Waals surface area contributed by atoms with Crippen LogP contribution < -0.4 is 5.32 Å². The monoisotopic (exact) mass is 271 g/mol. The number of Topliss-reactive ketones (excluding diaryl/α,β-unsaturated/α-hetero) is 1. The molecule has 5 heteroatoms. The number of hydrogen-bond acceptors (Lipinski definition) is 2. The van der Waals surface area contributed by atoms with Gasteiger partial charge >= 0.3 is 6.18 Å². The zero-order chi connectivity index (χ0) is 13.9. The highest BCUT2D eigenvalue weighted by Crippen LogP contribution is 2.30. The molecule has 1 aromatic carbocycles. The highest BCUT2D eigenvalue weighted by molar-refractivity contribution is 5.86. The van der Waals surface area contributed by atoms with Gasteiger partial charge in [-0.25, -0.2) is 0 Å². The number of hydrogen-bond donors (Lipinski definition) is 1. The summed E-state index contributed by atoms with van der Waals surface area (Å²) in [5, 5.41) is 2.32. The van der Waals surface area contributed by atoms with Crippen molar-refractivity contribution in [2.45, 2.75) is 37.8 Å². The topological polar surface area (TPSA) is 29.1 Å². The van der Waals surface area contributed by atoms with Crippen LogP contribution in [0.4, 0.5) is 18.9 Å². The number of benzene rings is 1. The molecular weight excluding hydrogens is 255 g/mol. The smallest absolute Gasteiger partial charge is 0.376 e. The summed E-state index contributed by atoms with van der Waals surface area (Å²) in [6.07, 6.45) is -0.796. The molecule has 104 valence electrons. The van der Waals surface area contributed by atoms with Gasteiger partial charge in [0.25, 0.3) is 0 Å². The second kappa shape index (κ2) is 5.63. The standard InChI is InChI=1S/C14H16F3NO/c15-14(16,17)9-18-11-7-5-10(6-8-11)12-3-1-2-4-13(12)19/h5-8,12,18H,1-4,9H2. The Morgan fingerprint density at radius 2 is 1.84 bits per heavy atom. The third-order valence-corrected chi connectivity index (χ3v) is 3.36. The van der Waals surface area contributed by atoms with E-state index in [1.54, 1.807) is 24.3 Å². The average molecular weight is 271 g/mol. The van der Waals surface area contributed by atoms with Gasteiger partial charge in [-0.3, -0.25) is 4.79 Å². The number of ketones is 1. The molecule has 0 spiro atoms. The van der Waals surface area contributed by atoms with Crippen molar-refractivity contribution < 1.29 is 18.0 Å². The van der Waals surface area contributed by atoms with E-state index in [-0.39, 0.29) is 11.7 Å². The molecule has 0 saturated heterocycles. The van der Waals surface area contributed by atoms with Gasteiger partial charge in [-0.15, -0.1) is 0 Å². The first-order chi connectivity index (χ1) is 8.96. The normalized spacial score (nSPS) is 20.4. The summed E-state index contributed by atoms with van der Waals surface area (Å²) in [5.74, 6) is 0.160. The SMILES string of the molecule is O=C1CCCCC1c1ccc(NCC(F)(F)F)cc1.